The van der Waals surface area contributed by atoms with Crippen LogP contribution in [0.25, 0.3) is 5.70 Å². The van der Waals surface area contributed by atoms with Crippen LogP contribution in [0.4, 0.5) is 5.69 Å². The van der Waals surface area contributed by atoms with Crippen molar-refractivity contribution in [1.29, 1.82) is 0 Å². The number of rotatable bonds is 10. The fourth-order valence-corrected chi connectivity index (χ4v) is 3.48. The number of nitrogens with zero attached hydrogens (tertiary/aromatic N) is 2. The predicted molar refractivity (Wildman–Crippen MR) is 206 cm³/mol. The molecule has 0 aliphatic rings. The van der Waals surface area contributed by atoms with E-state index in [-0.39, 0.29) is 0 Å². The first-order valence-electron chi connectivity index (χ1n) is 15.8. The number of anilines is 1. The van der Waals surface area contributed by atoms with Gasteiger partial charge in [-0.2, -0.15) is 0 Å². The lowest BCUT2D eigenvalue weighted by atomic mass is 10.1. The first-order valence-corrected chi connectivity index (χ1v) is 16.1. The zero-order chi connectivity index (χ0) is 36.5. The van der Waals surface area contributed by atoms with Gasteiger partial charge in [0.05, 0.1) is 12.0 Å². The van der Waals surface area contributed by atoms with Gasteiger partial charge in [0.25, 0.3) is 0 Å². The Balaban J connectivity index is -0.000000279. The van der Waals surface area contributed by atoms with Crippen molar-refractivity contribution in [3.63, 3.8) is 0 Å². The fourth-order valence-electron chi connectivity index (χ4n) is 3.48. The Hall–Kier alpha value is -3.90. The van der Waals surface area contributed by atoms with E-state index in [0.717, 1.165) is 37.3 Å². The van der Waals surface area contributed by atoms with Crippen LogP contribution in [-0.2, 0) is 29.0 Å². The Bertz CT molecular complexity index is 1150. The van der Waals surface area contributed by atoms with Gasteiger partial charge >= 0.3 is 0 Å². The average molecular weight is 655 g/mol. The Morgan fingerprint density at radius 3 is 1.70 bits per heavy atom. The summed E-state index contributed by atoms with van der Waals surface area (Å²) in [5, 5.41) is 4.10. The molecule has 0 saturated heterocycles. The molecule has 258 valence electrons. The molecule has 3 rings (SSSR count). The molecule has 1 aromatic heterocycles. The number of carbonyl (C=O) groups is 2. The highest BCUT2D eigenvalue weighted by atomic mass is 35.5. The second-order valence-corrected chi connectivity index (χ2v) is 10.8. The molecular formula is C39H63ClN4O2. The van der Waals surface area contributed by atoms with Crippen LogP contribution in [-0.4, -0.2) is 29.7 Å². The van der Waals surface area contributed by atoms with Crippen LogP contribution in [0, 0.1) is 13.8 Å². The molecule has 3 aromatic rings. The lowest BCUT2D eigenvalue weighted by Gasteiger charge is -2.07. The second-order valence-electron chi connectivity index (χ2n) is 10.2. The van der Waals surface area contributed by atoms with Crippen molar-refractivity contribution in [2.75, 3.05) is 11.9 Å². The highest BCUT2D eigenvalue weighted by Crippen LogP contribution is 2.13. The molecule has 0 unspecified atom stereocenters. The normalized spacial score (nSPS) is 8.65. The van der Waals surface area contributed by atoms with E-state index < -0.39 is 0 Å². The minimum atomic E-state index is 0.553. The first kappa shape index (κ1) is 49.0. The van der Waals surface area contributed by atoms with Gasteiger partial charge in [-0.15, -0.1) is 6.58 Å². The van der Waals surface area contributed by atoms with Crippen molar-refractivity contribution in [3.8, 4) is 0 Å². The molecule has 0 saturated carbocycles. The summed E-state index contributed by atoms with van der Waals surface area (Å²) in [6, 6.07) is 17.5. The standard InChI is InChI=1S/C17H21N.C11H19N3.C4H8.C3H5Cl.C2H6.2CH2O/c1-3-15-8-10-17(11-9-15)18-13-12-16-6-4-14(2)5-7-16;1-4-5-6-7-14-8-13-11(9(2)12)10(14)3;1-4(2)3;1-3(2)4;3*1-2/h4-11,18H,3,12-13H2,1-2H3;8H,2,4-7,12H2,1,3H3;1H2,2-3H3;1H2,2H3;1-2H3;2*1H2. The topological polar surface area (TPSA) is 90.0 Å². The molecular weight excluding hydrogens is 592 g/mol. The lowest BCUT2D eigenvalue weighted by Crippen LogP contribution is -2.04. The summed E-state index contributed by atoms with van der Waals surface area (Å²) in [6.07, 6.45) is 7.71. The van der Waals surface area contributed by atoms with Gasteiger partial charge in [0, 0.05) is 29.5 Å². The number of benzene rings is 2. The maximum absolute atomic E-state index is 8.00. The van der Waals surface area contributed by atoms with E-state index in [9.17, 15) is 0 Å². The van der Waals surface area contributed by atoms with E-state index >= 15 is 0 Å². The van der Waals surface area contributed by atoms with E-state index in [1.165, 1.54) is 47.2 Å². The molecule has 1 heterocycles. The zero-order valence-electron chi connectivity index (χ0n) is 30.3. The monoisotopic (exact) mass is 654 g/mol. The SMILES string of the molecule is C=C(C)C.C=C(C)Cl.C=C(N)c1ncn(CCCCC)c1C.C=O.C=O.CC.CCc1ccc(NCCc2ccc(C)cc2)cc1. The number of halogens is 1. The maximum atomic E-state index is 8.00. The molecule has 0 amide bonds. The molecule has 0 spiro atoms. The summed E-state index contributed by atoms with van der Waals surface area (Å²) in [6.45, 7) is 34.8. The number of imidazole rings is 1. The zero-order valence-corrected chi connectivity index (χ0v) is 31.1. The summed E-state index contributed by atoms with van der Waals surface area (Å²) < 4.78 is 2.14. The van der Waals surface area contributed by atoms with E-state index in [1.54, 1.807) is 6.92 Å². The van der Waals surface area contributed by atoms with Crippen molar-refractivity contribution < 1.29 is 9.59 Å². The first-order chi connectivity index (χ1) is 21.9. The molecule has 2 aromatic carbocycles. The molecule has 0 aliphatic heterocycles. The molecule has 0 aliphatic carbocycles. The Morgan fingerprint density at radius 2 is 1.30 bits per heavy atom. The molecule has 7 heteroatoms. The number of allylic oxidation sites excluding steroid dienone is 2. The smallest absolute Gasteiger partial charge is 0.106 e. The summed E-state index contributed by atoms with van der Waals surface area (Å²) >= 11 is 5.08. The van der Waals surface area contributed by atoms with Crippen molar-refractivity contribution in [3.05, 3.63) is 113 Å². The van der Waals surface area contributed by atoms with Gasteiger partial charge < -0.3 is 25.2 Å². The third kappa shape index (κ3) is 28.8. The van der Waals surface area contributed by atoms with Gasteiger partial charge in [-0.25, -0.2) is 4.98 Å². The van der Waals surface area contributed by atoms with Crippen molar-refractivity contribution >= 4 is 36.6 Å². The number of nitrogens with two attached hydrogens (primary N) is 1. The number of aromatic nitrogens is 2. The summed E-state index contributed by atoms with van der Waals surface area (Å²) in [5.41, 5.74) is 14.6. The predicted octanol–water partition coefficient (Wildman–Crippen LogP) is 10.5. The number of unbranched alkanes of at least 4 members (excludes halogenated alkanes) is 2. The molecule has 46 heavy (non-hydrogen) atoms. The van der Waals surface area contributed by atoms with Gasteiger partial charge in [0.15, 0.2) is 0 Å². The summed E-state index contributed by atoms with van der Waals surface area (Å²) in [4.78, 5) is 20.2. The molecule has 3 N–H and O–H groups in total. The van der Waals surface area contributed by atoms with E-state index in [1.807, 2.05) is 54.5 Å². The Kier molecular flexibility index (Phi) is 36.2. The van der Waals surface area contributed by atoms with E-state index in [2.05, 4.69) is 104 Å². The van der Waals surface area contributed by atoms with Crippen molar-refractivity contribution in [2.45, 2.75) is 101 Å². The minimum Gasteiger partial charge on any atom is -0.397 e. The Morgan fingerprint density at radius 1 is 0.848 bits per heavy atom. The maximum Gasteiger partial charge on any atom is 0.106 e. The van der Waals surface area contributed by atoms with Crippen LogP contribution >= 0.6 is 11.6 Å². The molecule has 6 nitrogen and oxygen atoms in total. The Labute approximate surface area is 286 Å². The van der Waals surface area contributed by atoms with Gasteiger partial charge in [-0.3, -0.25) is 0 Å². The van der Waals surface area contributed by atoms with Crippen LogP contribution in [0.2, 0.25) is 0 Å². The fraction of sp³-hybridized carbons (Fsp3) is 0.410. The molecule has 0 radical (unpaired) electrons. The van der Waals surface area contributed by atoms with Gasteiger partial charge in [-0.1, -0.05) is 113 Å². The molecule has 0 atom stereocenters. The van der Waals surface area contributed by atoms with E-state index in [4.69, 9.17) is 26.9 Å². The van der Waals surface area contributed by atoms with Crippen LogP contribution in [0.3, 0.4) is 0 Å². The second kappa shape index (κ2) is 34.0. The van der Waals surface area contributed by atoms with Gasteiger partial charge in [0.1, 0.15) is 19.3 Å². The lowest BCUT2D eigenvalue weighted by molar-refractivity contribution is -0.0987. The highest BCUT2D eigenvalue weighted by molar-refractivity contribution is 6.28. The van der Waals surface area contributed by atoms with E-state index in [0.29, 0.717) is 10.7 Å². The molecule has 0 fully saturated rings. The van der Waals surface area contributed by atoms with Crippen molar-refractivity contribution in [2.24, 2.45) is 5.73 Å². The van der Waals surface area contributed by atoms with Gasteiger partial charge in [0.2, 0.25) is 0 Å². The number of hydrogen-bond acceptors (Lipinski definition) is 5. The van der Waals surface area contributed by atoms with Crippen LogP contribution in [0.15, 0.2) is 85.2 Å². The average Bonchev–Trinajstić information content (AvgIpc) is 3.41. The van der Waals surface area contributed by atoms with Crippen LogP contribution in [0.5, 0.6) is 0 Å². The van der Waals surface area contributed by atoms with Crippen LogP contribution < -0.4 is 11.1 Å². The van der Waals surface area contributed by atoms with Crippen molar-refractivity contribution in [1.82, 2.24) is 9.55 Å². The largest absolute Gasteiger partial charge is 0.397 e. The number of nitrogens with one attached hydrogen (secondary N) is 1. The molecule has 0 bridgehead atoms. The van der Waals surface area contributed by atoms with Crippen LogP contribution in [0.1, 0.15) is 95.8 Å². The summed E-state index contributed by atoms with van der Waals surface area (Å²) in [7, 11) is 0. The summed E-state index contributed by atoms with van der Waals surface area (Å²) in [5.74, 6) is 0. The highest BCUT2D eigenvalue weighted by Gasteiger charge is 2.06. The number of carbonyl (C=O) groups excluding carboxylic acids is 2. The third-order valence-corrected chi connectivity index (χ3v) is 5.63. The third-order valence-electron chi connectivity index (χ3n) is 5.63. The minimum absolute atomic E-state index is 0.553. The number of hydrogen-bond donors (Lipinski definition) is 2. The quantitative estimate of drug-likeness (QED) is 0.168. The number of aryl methyl sites for hydroxylation is 3. The van der Waals surface area contributed by atoms with Gasteiger partial charge in [-0.05, 0) is 77.1 Å².